The van der Waals surface area contributed by atoms with Crippen molar-refractivity contribution in [1.29, 1.82) is 0 Å². The van der Waals surface area contributed by atoms with Crippen molar-refractivity contribution in [1.82, 2.24) is 4.90 Å². The van der Waals surface area contributed by atoms with Gasteiger partial charge in [-0.2, -0.15) is 0 Å². The Bertz CT molecular complexity index is 427. The number of carbonyl (C=O) groups excluding carboxylic acids is 1. The maximum absolute atomic E-state index is 12.0. The monoisotopic (exact) mass is 291 g/mol. The zero-order valence-electron chi connectivity index (χ0n) is 12.7. The van der Waals surface area contributed by atoms with Crippen molar-refractivity contribution in [3.63, 3.8) is 0 Å². The van der Waals surface area contributed by atoms with Crippen LogP contribution in [0.25, 0.3) is 0 Å². The quantitative estimate of drug-likeness (QED) is 0.872. The van der Waals surface area contributed by atoms with Gasteiger partial charge in [0.2, 0.25) is 5.91 Å². The number of ether oxygens (including phenoxy) is 1. The summed E-state index contributed by atoms with van der Waals surface area (Å²) in [4.78, 5) is 13.9. The molecule has 4 nitrogen and oxygen atoms in total. The predicted molar refractivity (Wildman–Crippen MR) is 82.1 cm³/mol. The molecule has 1 N–H and O–H groups in total. The molecule has 0 saturated carbocycles. The molecule has 1 fully saturated rings. The van der Waals surface area contributed by atoms with Crippen LogP contribution in [0.3, 0.4) is 0 Å². The maximum Gasteiger partial charge on any atom is 0.248 e. The molecule has 1 amide bonds. The Kier molecular flexibility index (Phi) is 6.21. The Morgan fingerprint density at radius 3 is 2.62 bits per heavy atom. The fourth-order valence-corrected chi connectivity index (χ4v) is 2.66. The van der Waals surface area contributed by atoms with Crippen LogP contribution in [0.15, 0.2) is 30.3 Å². The van der Waals surface area contributed by atoms with Crippen molar-refractivity contribution in [3.05, 3.63) is 35.9 Å². The summed E-state index contributed by atoms with van der Waals surface area (Å²) in [7, 11) is 0. The molecule has 1 aliphatic heterocycles. The smallest absolute Gasteiger partial charge is 0.248 e. The summed E-state index contributed by atoms with van der Waals surface area (Å²) in [5, 5.41) is 9.10. The maximum atomic E-state index is 12.0. The largest absolute Gasteiger partial charge is 0.396 e. The number of hydrogen-bond acceptors (Lipinski definition) is 3. The summed E-state index contributed by atoms with van der Waals surface area (Å²) >= 11 is 0. The van der Waals surface area contributed by atoms with Gasteiger partial charge in [0, 0.05) is 25.6 Å². The molecule has 1 aromatic rings. The Labute approximate surface area is 126 Å². The Morgan fingerprint density at radius 2 is 2.00 bits per heavy atom. The molecular weight excluding hydrogens is 266 g/mol. The summed E-state index contributed by atoms with van der Waals surface area (Å²) in [6.45, 7) is 4.52. The lowest BCUT2D eigenvalue weighted by molar-refractivity contribution is -0.137. The molecule has 2 rings (SSSR count). The topological polar surface area (TPSA) is 49.8 Å². The molecule has 0 bridgehead atoms. The van der Waals surface area contributed by atoms with Crippen molar-refractivity contribution in [2.45, 2.75) is 25.7 Å². The van der Waals surface area contributed by atoms with Gasteiger partial charge in [-0.25, -0.2) is 0 Å². The molecule has 0 spiro atoms. The normalized spacial score (nSPS) is 17.7. The van der Waals surface area contributed by atoms with Gasteiger partial charge in [-0.1, -0.05) is 37.3 Å². The van der Waals surface area contributed by atoms with Gasteiger partial charge in [-0.3, -0.25) is 4.79 Å². The number of likely N-dealkylation sites (tertiary alicyclic amines) is 1. The van der Waals surface area contributed by atoms with Crippen LogP contribution >= 0.6 is 0 Å². The molecule has 21 heavy (non-hydrogen) atoms. The van der Waals surface area contributed by atoms with Gasteiger partial charge >= 0.3 is 0 Å². The Balaban J connectivity index is 1.68. The first-order valence-corrected chi connectivity index (χ1v) is 7.72. The molecule has 1 saturated heterocycles. The summed E-state index contributed by atoms with van der Waals surface area (Å²) in [6.07, 6.45) is 1.78. The van der Waals surface area contributed by atoms with Gasteiger partial charge in [-0.05, 0) is 24.3 Å². The van der Waals surface area contributed by atoms with E-state index in [1.807, 2.05) is 23.1 Å². The van der Waals surface area contributed by atoms with E-state index in [1.54, 1.807) is 0 Å². The fourth-order valence-electron chi connectivity index (χ4n) is 2.66. The van der Waals surface area contributed by atoms with Gasteiger partial charge in [0.25, 0.3) is 0 Å². The molecule has 0 aromatic heterocycles. The lowest BCUT2D eigenvalue weighted by Gasteiger charge is -2.31. The van der Waals surface area contributed by atoms with Crippen molar-refractivity contribution in [2.24, 2.45) is 5.92 Å². The second-order valence-electron chi connectivity index (χ2n) is 5.83. The summed E-state index contributed by atoms with van der Waals surface area (Å²) in [6, 6.07) is 10.2. The van der Waals surface area contributed by atoms with Crippen molar-refractivity contribution in [2.75, 3.05) is 32.9 Å². The molecule has 116 valence electrons. The highest BCUT2D eigenvalue weighted by Gasteiger charge is 2.22. The Hall–Kier alpha value is -1.39. The standard InChI is InChI=1S/C17H25NO3/c1-14(16-5-3-2-4-6-16)12-21-13-17(20)18-9-7-15(11-19)8-10-18/h2-6,14-15,19H,7-13H2,1H3. The number of carbonyl (C=O) groups is 1. The van der Waals surface area contributed by atoms with Crippen LogP contribution in [0.1, 0.15) is 31.2 Å². The average molecular weight is 291 g/mol. The third kappa shape index (κ3) is 4.83. The lowest BCUT2D eigenvalue weighted by atomic mass is 9.98. The zero-order chi connectivity index (χ0) is 15.1. The number of hydrogen-bond donors (Lipinski definition) is 1. The van der Waals surface area contributed by atoms with E-state index < -0.39 is 0 Å². The average Bonchev–Trinajstić information content (AvgIpc) is 2.55. The number of piperidine rings is 1. The third-order valence-electron chi connectivity index (χ3n) is 4.19. The molecule has 4 heteroatoms. The van der Waals surface area contributed by atoms with E-state index in [0.29, 0.717) is 18.4 Å². The number of aliphatic hydroxyl groups is 1. The minimum Gasteiger partial charge on any atom is -0.396 e. The minimum atomic E-state index is 0.0617. The molecule has 1 atom stereocenters. The van der Waals surface area contributed by atoms with Crippen LogP contribution in [-0.2, 0) is 9.53 Å². The van der Waals surface area contributed by atoms with Crippen LogP contribution in [0.2, 0.25) is 0 Å². The fraction of sp³-hybridized carbons (Fsp3) is 0.588. The van der Waals surface area contributed by atoms with E-state index in [0.717, 1.165) is 25.9 Å². The molecule has 0 radical (unpaired) electrons. The van der Waals surface area contributed by atoms with Crippen LogP contribution in [0.5, 0.6) is 0 Å². The first kappa shape index (κ1) is 16.0. The van der Waals surface area contributed by atoms with E-state index in [4.69, 9.17) is 9.84 Å². The molecular formula is C17H25NO3. The molecule has 1 aliphatic rings. The van der Waals surface area contributed by atoms with E-state index in [9.17, 15) is 4.79 Å². The molecule has 0 aliphatic carbocycles. The van der Waals surface area contributed by atoms with Gasteiger partial charge in [-0.15, -0.1) is 0 Å². The van der Waals surface area contributed by atoms with E-state index >= 15 is 0 Å². The number of amides is 1. The third-order valence-corrected chi connectivity index (χ3v) is 4.19. The van der Waals surface area contributed by atoms with Crippen molar-refractivity contribution >= 4 is 5.91 Å². The van der Waals surface area contributed by atoms with Crippen LogP contribution in [0, 0.1) is 5.92 Å². The summed E-state index contributed by atoms with van der Waals surface area (Å²) < 4.78 is 5.58. The van der Waals surface area contributed by atoms with Crippen LogP contribution in [0.4, 0.5) is 0 Å². The van der Waals surface area contributed by atoms with Crippen LogP contribution in [-0.4, -0.2) is 48.8 Å². The summed E-state index contributed by atoms with van der Waals surface area (Å²) in [5.41, 5.74) is 1.23. The molecule has 1 aromatic carbocycles. The summed E-state index contributed by atoms with van der Waals surface area (Å²) in [5.74, 6) is 0.707. The molecule has 1 heterocycles. The van der Waals surface area contributed by atoms with Gasteiger partial charge in [0.05, 0.1) is 6.61 Å². The van der Waals surface area contributed by atoms with Gasteiger partial charge in [0.1, 0.15) is 6.61 Å². The number of nitrogens with zero attached hydrogens (tertiary/aromatic N) is 1. The highest BCUT2D eigenvalue weighted by molar-refractivity contribution is 5.77. The number of benzene rings is 1. The predicted octanol–water partition coefficient (Wildman–Crippen LogP) is 2.04. The highest BCUT2D eigenvalue weighted by atomic mass is 16.5. The second kappa shape index (κ2) is 8.15. The minimum absolute atomic E-state index is 0.0617. The second-order valence-corrected chi connectivity index (χ2v) is 5.83. The number of aliphatic hydroxyl groups excluding tert-OH is 1. The lowest BCUT2D eigenvalue weighted by Crippen LogP contribution is -2.41. The van der Waals surface area contributed by atoms with E-state index in [2.05, 4.69) is 19.1 Å². The highest BCUT2D eigenvalue weighted by Crippen LogP contribution is 2.17. The first-order chi connectivity index (χ1) is 10.2. The zero-order valence-corrected chi connectivity index (χ0v) is 12.7. The van der Waals surface area contributed by atoms with Gasteiger partial charge in [0.15, 0.2) is 0 Å². The molecule has 1 unspecified atom stereocenters. The number of rotatable bonds is 6. The SMILES string of the molecule is CC(COCC(=O)N1CCC(CO)CC1)c1ccccc1. The Morgan fingerprint density at radius 1 is 1.33 bits per heavy atom. The van der Waals surface area contributed by atoms with E-state index in [-0.39, 0.29) is 19.1 Å². The van der Waals surface area contributed by atoms with E-state index in [1.165, 1.54) is 5.56 Å². The van der Waals surface area contributed by atoms with Gasteiger partial charge < -0.3 is 14.7 Å². The van der Waals surface area contributed by atoms with Crippen molar-refractivity contribution < 1.29 is 14.6 Å². The first-order valence-electron chi connectivity index (χ1n) is 7.72. The van der Waals surface area contributed by atoms with Crippen LogP contribution < -0.4 is 0 Å². The van der Waals surface area contributed by atoms with Crippen molar-refractivity contribution in [3.8, 4) is 0 Å².